The molecule has 1 unspecified atom stereocenters. The molecule has 4 N–H and O–H groups in total. The number of carbonyl (C=O) groups excluding carboxylic acids is 1. The van der Waals surface area contributed by atoms with E-state index in [1.165, 1.54) is 0 Å². The zero-order valence-corrected chi connectivity index (χ0v) is 15.7. The molecule has 2 aromatic heterocycles. The Hall–Kier alpha value is -3.68. The van der Waals surface area contributed by atoms with Gasteiger partial charge in [-0.2, -0.15) is 0 Å². The minimum atomic E-state index is -1.37. The largest absolute Gasteiger partial charge is 0.478 e. The van der Waals surface area contributed by atoms with Crippen molar-refractivity contribution in [3.8, 4) is 0 Å². The van der Waals surface area contributed by atoms with Gasteiger partial charge in [0.2, 0.25) is 0 Å². The molecule has 0 saturated carbocycles. The first-order valence-electron chi connectivity index (χ1n) is 9.22. The molecule has 0 bridgehead atoms. The number of para-hydroxylation sites is 1. The number of hydrogen-bond donors (Lipinski definition) is 4. The monoisotopic (exact) mass is 393 g/mol. The Bertz CT molecular complexity index is 1180. The molecule has 1 aromatic carbocycles. The van der Waals surface area contributed by atoms with E-state index in [2.05, 4.69) is 15.0 Å². The van der Waals surface area contributed by atoms with Crippen LogP contribution in [0.5, 0.6) is 0 Å². The fraction of sp³-hybridized carbons (Fsp3) is 0.238. The van der Waals surface area contributed by atoms with Crippen LogP contribution < -0.4 is 0 Å². The fourth-order valence-corrected chi connectivity index (χ4v) is 3.98. The Labute approximate surface area is 165 Å². The summed E-state index contributed by atoms with van der Waals surface area (Å²) in [5.41, 5.74) is 3.37. The number of carboxylic acid groups (broad SMARTS) is 2. The molecular weight excluding hydrogens is 374 g/mol. The number of aromatic amines is 2. The van der Waals surface area contributed by atoms with Gasteiger partial charge in [-0.25, -0.2) is 14.6 Å². The van der Waals surface area contributed by atoms with Crippen LogP contribution in [-0.4, -0.2) is 42.9 Å². The maximum Gasteiger partial charge on any atom is 0.339 e. The summed E-state index contributed by atoms with van der Waals surface area (Å²) in [6.45, 7) is 1.88. The Morgan fingerprint density at radius 3 is 2.66 bits per heavy atom. The van der Waals surface area contributed by atoms with Crippen LogP contribution in [-0.2, 0) is 22.4 Å². The molecule has 0 amide bonds. The number of Topliss-reactive ketones (excluding diaryl/α,β-unsaturated/α-hetero) is 1. The fourth-order valence-electron chi connectivity index (χ4n) is 3.98. The molecule has 0 radical (unpaired) electrons. The highest BCUT2D eigenvalue weighted by molar-refractivity contribution is 6.18. The third-order valence-corrected chi connectivity index (χ3v) is 5.31. The van der Waals surface area contributed by atoms with Crippen molar-refractivity contribution >= 4 is 34.2 Å². The molecule has 0 saturated heterocycles. The molecule has 1 aliphatic rings. The second kappa shape index (κ2) is 7.05. The van der Waals surface area contributed by atoms with Crippen molar-refractivity contribution in [1.82, 2.24) is 15.0 Å². The van der Waals surface area contributed by atoms with Gasteiger partial charge in [0, 0.05) is 39.8 Å². The molecular formula is C21H19N3O5. The number of aliphatic carboxylic acids is 2. The highest BCUT2D eigenvalue weighted by Gasteiger charge is 2.31. The van der Waals surface area contributed by atoms with Gasteiger partial charge in [-0.3, -0.25) is 4.79 Å². The van der Waals surface area contributed by atoms with Gasteiger partial charge in [-0.1, -0.05) is 18.2 Å². The number of imidazole rings is 1. The molecule has 3 aromatic rings. The van der Waals surface area contributed by atoms with E-state index in [0.29, 0.717) is 42.3 Å². The van der Waals surface area contributed by atoms with Crippen molar-refractivity contribution < 1.29 is 24.6 Å². The van der Waals surface area contributed by atoms with Crippen molar-refractivity contribution in [3.05, 3.63) is 58.8 Å². The van der Waals surface area contributed by atoms with Crippen LogP contribution >= 0.6 is 0 Å². The van der Waals surface area contributed by atoms with Gasteiger partial charge in [0.05, 0.1) is 5.69 Å². The van der Waals surface area contributed by atoms with Crippen LogP contribution in [0.25, 0.3) is 16.5 Å². The molecule has 0 spiro atoms. The molecule has 1 aliphatic carbocycles. The van der Waals surface area contributed by atoms with Gasteiger partial charge in [-0.15, -0.1) is 0 Å². The number of H-pyrrole nitrogens is 2. The SMILES string of the molecule is Cc1[nH]c2ccccc2c1C(=O)C1CCc2nc(/C(=C/C(=O)O)C(=O)O)[nH]c2C1. The Morgan fingerprint density at radius 2 is 1.93 bits per heavy atom. The maximum absolute atomic E-state index is 13.3. The first-order chi connectivity index (χ1) is 13.8. The van der Waals surface area contributed by atoms with Crippen LogP contribution in [0.2, 0.25) is 0 Å². The van der Waals surface area contributed by atoms with Crippen molar-refractivity contribution in [2.24, 2.45) is 5.92 Å². The number of carboxylic acids is 2. The first-order valence-corrected chi connectivity index (χ1v) is 9.22. The number of nitrogens with one attached hydrogen (secondary N) is 2. The van der Waals surface area contributed by atoms with E-state index in [1.54, 1.807) is 0 Å². The third-order valence-electron chi connectivity index (χ3n) is 5.31. The Balaban J connectivity index is 1.64. The number of aryl methyl sites for hydroxylation is 2. The van der Waals surface area contributed by atoms with E-state index in [1.807, 2.05) is 31.2 Å². The van der Waals surface area contributed by atoms with Gasteiger partial charge in [-0.05, 0) is 32.3 Å². The average Bonchev–Trinajstić information content (AvgIpc) is 3.24. The summed E-state index contributed by atoms with van der Waals surface area (Å²) in [5.74, 6) is -2.95. The number of ketones is 1. The molecule has 4 rings (SSSR count). The number of nitrogens with zero attached hydrogens (tertiary/aromatic N) is 1. The standard InChI is InChI=1S/C21H19N3O5/c1-10-18(12-4-2-3-5-14(12)22-10)19(27)11-6-7-15-16(8-11)24-20(23-15)13(21(28)29)9-17(25)26/h2-5,9,11,22H,6-8H2,1H3,(H,23,24)(H,25,26)(H,28,29)/b13-9-. The van der Waals surface area contributed by atoms with E-state index in [9.17, 15) is 19.5 Å². The second-order valence-corrected chi connectivity index (χ2v) is 7.19. The molecule has 0 aliphatic heterocycles. The number of rotatable bonds is 5. The molecule has 8 nitrogen and oxygen atoms in total. The molecule has 0 fully saturated rings. The van der Waals surface area contributed by atoms with Crippen LogP contribution in [0.1, 0.15) is 39.7 Å². The maximum atomic E-state index is 13.3. The lowest BCUT2D eigenvalue weighted by Gasteiger charge is -2.20. The van der Waals surface area contributed by atoms with Crippen molar-refractivity contribution in [1.29, 1.82) is 0 Å². The smallest absolute Gasteiger partial charge is 0.339 e. The van der Waals surface area contributed by atoms with E-state index in [-0.39, 0.29) is 17.5 Å². The summed E-state index contributed by atoms with van der Waals surface area (Å²) < 4.78 is 0. The normalized spacial score (nSPS) is 16.6. The molecule has 148 valence electrons. The Kier molecular flexibility index (Phi) is 4.54. The van der Waals surface area contributed by atoms with Gasteiger partial charge in [0.15, 0.2) is 5.78 Å². The van der Waals surface area contributed by atoms with Gasteiger partial charge in [0.25, 0.3) is 0 Å². The summed E-state index contributed by atoms with van der Waals surface area (Å²) in [7, 11) is 0. The number of aromatic nitrogens is 3. The van der Waals surface area contributed by atoms with E-state index >= 15 is 0 Å². The summed E-state index contributed by atoms with van der Waals surface area (Å²) >= 11 is 0. The lowest BCUT2D eigenvalue weighted by Crippen LogP contribution is -2.23. The Morgan fingerprint density at radius 1 is 1.17 bits per heavy atom. The number of carbonyl (C=O) groups is 3. The topological polar surface area (TPSA) is 136 Å². The first kappa shape index (κ1) is 18.7. The molecule has 1 atom stereocenters. The van der Waals surface area contributed by atoms with Crippen LogP contribution in [0.15, 0.2) is 30.3 Å². The summed E-state index contributed by atoms with van der Waals surface area (Å²) in [4.78, 5) is 46.0. The van der Waals surface area contributed by atoms with Gasteiger partial charge in [0.1, 0.15) is 11.4 Å². The number of benzene rings is 1. The molecule has 2 heterocycles. The quantitative estimate of drug-likeness (QED) is 0.389. The zero-order chi connectivity index (χ0) is 20.7. The van der Waals surface area contributed by atoms with Crippen LogP contribution in [0.3, 0.4) is 0 Å². The predicted molar refractivity (Wildman–Crippen MR) is 105 cm³/mol. The minimum Gasteiger partial charge on any atom is -0.478 e. The van der Waals surface area contributed by atoms with E-state index in [0.717, 1.165) is 16.6 Å². The molecule has 29 heavy (non-hydrogen) atoms. The third kappa shape index (κ3) is 3.33. The van der Waals surface area contributed by atoms with Crippen molar-refractivity contribution in [3.63, 3.8) is 0 Å². The minimum absolute atomic E-state index is 0.00118. The van der Waals surface area contributed by atoms with E-state index < -0.39 is 17.5 Å². The number of hydrogen-bond acceptors (Lipinski definition) is 4. The van der Waals surface area contributed by atoms with Gasteiger partial charge < -0.3 is 20.2 Å². The second-order valence-electron chi connectivity index (χ2n) is 7.19. The highest BCUT2D eigenvalue weighted by atomic mass is 16.4. The zero-order valence-electron chi connectivity index (χ0n) is 15.7. The summed E-state index contributed by atoms with van der Waals surface area (Å²) in [5, 5.41) is 19.1. The highest BCUT2D eigenvalue weighted by Crippen LogP contribution is 2.31. The van der Waals surface area contributed by atoms with Gasteiger partial charge >= 0.3 is 11.9 Å². The summed E-state index contributed by atoms with van der Waals surface area (Å²) in [6.07, 6.45) is 2.13. The predicted octanol–water partition coefficient (Wildman–Crippen LogP) is 2.74. The van der Waals surface area contributed by atoms with Crippen LogP contribution in [0.4, 0.5) is 0 Å². The lowest BCUT2D eigenvalue weighted by molar-refractivity contribution is -0.133. The summed E-state index contributed by atoms with van der Waals surface area (Å²) in [6, 6.07) is 7.66. The average molecular weight is 393 g/mol. The van der Waals surface area contributed by atoms with Crippen molar-refractivity contribution in [2.75, 3.05) is 0 Å². The van der Waals surface area contributed by atoms with E-state index in [4.69, 9.17) is 5.11 Å². The lowest BCUT2D eigenvalue weighted by atomic mass is 9.83. The number of fused-ring (bicyclic) bond motifs is 2. The van der Waals surface area contributed by atoms with Crippen LogP contribution in [0, 0.1) is 12.8 Å². The van der Waals surface area contributed by atoms with Crippen molar-refractivity contribution in [2.45, 2.75) is 26.2 Å². The molecule has 8 heteroatoms.